The lowest BCUT2D eigenvalue weighted by molar-refractivity contribution is 0.993. The maximum Gasteiger partial charge on any atom is 0.151 e. The van der Waals surface area contributed by atoms with Gasteiger partial charge in [0.1, 0.15) is 0 Å². The molecule has 1 rings (SSSR count). The lowest BCUT2D eigenvalue weighted by Gasteiger charge is -2.12. The summed E-state index contributed by atoms with van der Waals surface area (Å²) in [5, 5.41) is 3.69. The van der Waals surface area contributed by atoms with Gasteiger partial charge in [0.2, 0.25) is 0 Å². The monoisotopic (exact) mass is 212 g/mol. The second-order valence-corrected chi connectivity index (χ2v) is 4.37. The van der Waals surface area contributed by atoms with Crippen LogP contribution in [0.4, 0.5) is 17.2 Å². The summed E-state index contributed by atoms with van der Waals surface area (Å²) in [5.41, 5.74) is 12.5. The van der Waals surface area contributed by atoms with Crippen molar-refractivity contribution in [1.29, 1.82) is 0 Å². The summed E-state index contributed by atoms with van der Waals surface area (Å²) in [6.45, 7) is 2.97. The number of hydrogen-bond donors (Lipinski definition) is 3. The first-order chi connectivity index (χ1) is 6.65. The number of rotatable bonds is 4. The second kappa shape index (κ2) is 4.95. The fraction of sp³-hybridized carbons (Fsp3) is 0.444. The van der Waals surface area contributed by atoms with Gasteiger partial charge < -0.3 is 16.8 Å². The number of pyridine rings is 1. The highest BCUT2D eigenvalue weighted by Crippen LogP contribution is 2.21. The van der Waals surface area contributed by atoms with E-state index in [1.807, 2.05) is 0 Å². The number of nitrogen functional groups attached to an aromatic ring is 2. The van der Waals surface area contributed by atoms with Gasteiger partial charge in [0.15, 0.2) is 5.82 Å². The van der Waals surface area contributed by atoms with E-state index >= 15 is 0 Å². The Hall–Kier alpha value is -1.10. The first kappa shape index (κ1) is 11.0. The predicted octanol–water partition coefficient (Wildman–Crippen LogP) is 1.41. The number of nitrogens with two attached hydrogens (primary N) is 2. The Morgan fingerprint density at radius 1 is 1.57 bits per heavy atom. The van der Waals surface area contributed by atoms with Gasteiger partial charge in [-0.2, -0.15) is 11.8 Å². The minimum atomic E-state index is 0.526. The molecule has 78 valence electrons. The van der Waals surface area contributed by atoms with E-state index in [0.29, 0.717) is 22.4 Å². The average Bonchev–Trinajstić information content (AvgIpc) is 2.20. The van der Waals surface area contributed by atoms with Crippen LogP contribution in [0.1, 0.15) is 6.92 Å². The standard InChI is InChI=1S/C9H16N4S/c1-6(14-2)5-13-9-8(11)7(10)3-4-12-9/h3-4,6H,5,11H2,1-2H3,(H3,10,12,13). The van der Waals surface area contributed by atoms with E-state index in [1.165, 1.54) is 0 Å². The lowest BCUT2D eigenvalue weighted by Crippen LogP contribution is -2.15. The normalized spacial score (nSPS) is 12.4. The molecule has 0 aliphatic rings. The molecule has 0 saturated heterocycles. The summed E-state index contributed by atoms with van der Waals surface area (Å²) in [4.78, 5) is 4.12. The van der Waals surface area contributed by atoms with Crippen molar-refractivity contribution in [3.05, 3.63) is 12.3 Å². The summed E-state index contributed by atoms with van der Waals surface area (Å²) < 4.78 is 0. The molecule has 14 heavy (non-hydrogen) atoms. The summed E-state index contributed by atoms with van der Waals surface area (Å²) in [5.74, 6) is 0.672. The van der Waals surface area contributed by atoms with E-state index in [4.69, 9.17) is 11.5 Å². The molecule has 5 N–H and O–H groups in total. The van der Waals surface area contributed by atoms with Crippen LogP contribution in [0.3, 0.4) is 0 Å². The van der Waals surface area contributed by atoms with Crippen LogP contribution < -0.4 is 16.8 Å². The maximum absolute atomic E-state index is 5.75. The number of aromatic nitrogens is 1. The number of nitrogens with one attached hydrogen (secondary N) is 1. The molecule has 0 aromatic carbocycles. The molecule has 0 amide bonds. The fourth-order valence-corrected chi connectivity index (χ4v) is 1.20. The molecule has 0 bridgehead atoms. The van der Waals surface area contributed by atoms with Crippen LogP contribution in [-0.4, -0.2) is 23.0 Å². The van der Waals surface area contributed by atoms with Crippen molar-refractivity contribution in [1.82, 2.24) is 4.98 Å². The Labute approximate surface area is 88.5 Å². The predicted molar refractivity (Wildman–Crippen MR) is 64.5 cm³/mol. The van der Waals surface area contributed by atoms with E-state index < -0.39 is 0 Å². The Morgan fingerprint density at radius 3 is 2.93 bits per heavy atom. The molecular formula is C9H16N4S. The minimum Gasteiger partial charge on any atom is -0.397 e. The van der Waals surface area contributed by atoms with Crippen LogP contribution in [0.25, 0.3) is 0 Å². The van der Waals surface area contributed by atoms with E-state index in [1.54, 1.807) is 24.0 Å². The summed E-state index contributed by atoms with van der Waals surface area (Å²) in [6, 6.07) is 1.69. The highest BCUT2D eigenvalue weighted by atomic mass is 32.2. The third kappa shape index (κ3) is 2.70. The fourth-order valence-electron chi connectivity index (χ4n) is 0.953. The number of nitrogens with zero attached hydrogens (tertiary/aromatic N) is 1. The Bertz CT molecular complexity index is 303. The van der Waals surface area contributed by atoms with Crippen LogP contribution in [-0.2, 0) is 0 Å². The van der Waals surface area contributed by atoms with Crippen molar-refractivity contribution in [2.24, 2.45) is 0 Å². The van der Waals surface area contributed by atoms with Crippen LogP contribution in [0.5, 0.6) is 0 Å². The van der Waals surface area contributed by atoms with Crippen molar-refractivity contribution in [2.45, 2.75) is 12.2 Å². The summed E-state index contributed by atoms with van der Waals surface area (Å²) in [6.07, 6.45) is 3.72. The van der Waals surface area contributed by atoms with Crippen molar-refractivity contribution in [3.8, 4) is 0 Å². The maximum atomic E-state index is 5.75. The summed E-state index contributed by atoms with van der Waals surface area (Å²) in [7, 11) is 0. The van der Waals surface area contributed by atoms with E-state index in [0.717, 1.165) is 6.54 Å². The number of thioether (sulfide) groups is 1. The van der Waals surface area contributed by atoms with Crippen LogP contribution >= 0.6 is 11.8 Å². The zero-order valence-corrected chi connectivity index (χ0v) is 9.27. The van der Waals surface area contributed by atoms with Gasteiger partial charge in [-0.25, -0.2) is 4.98 Å². The molecule has 0 radical (unpaired) electrons. The zero-order valence-electron chi connectivity index (χ0n) is 8.45. The molecule has 1 unspecified atom stereocenters. The molecular weight excluding hydrogens is 196 g/mol. The van der Waals surface area contributed by atoms with Crippen LogP contribution in [0.15, 0.2) is 12.3 Å². The van der Waals surface area contributed by atoms with Crippen LogP contribution in [0, 0.1) is 0 Å². The van der Waals surface area contributed by atoms with Gasteiger partial charge in [0.05, 0.1) is 11.4 Å². The van der Waals surface area contributed by atoms with Gasteiger partial charge in [-0.1, -0.05) is 6.92 Å². The largest absolute Gasteiger partial charge is 0.397 e. The van der Waals surface area contributed by atoms with Gasteiger partial charge in [-0.15, -0.1) is 0 Å². The molecule has 0 fully saturated rings. The quantitative estimate of drug-likeness (QED) is 0.703. The highest BCUT2D eigenvalue weighted by Gasteiger charge is 2.04. The molecule has 1 aromatic heterocycles. The minimum absolute atomic E-state index is 0.526. The summed E-state index contributed by atoms with van der Waals surface area (Å²) >= 11 is 1.79. The molecule has 0 aliphatic heterocycles. The molecule has 1 heterocycles. The first-order valence-electron chi connectivity index (χ1n) is 4.41. The topological polar surface area (TPSA) is 77.0 Å². The number of hydrogen-bond acceptors (Lipinski definition) is 5. The van der Waals surface area contributed by atoms with E-state index in [9.17, 15) is 0 Å². The highest BCUT2D eigenvalue weighted by molar-refractivity contribution is 7.99. The Kier molecular flexibility index (Phi) is 3.88. The smallest absolute Gasteiger partial charge is 0.151 e. The first-order valence-corrected chi connectivity index (χ1v) is 5.70. The molecule has 1 aromatic rings. The molecule has 1 atom stereocenters. The van der Waals surface area contributed by atoms with E-state index in [-0.39, 0.29) is 0 Å². The third-order valence-electron chi connectivity index (χ3n) is 1.98. The van der Waals surface area contributed by atoms with Gasteiger partial charge in [0, 0.05) is 18.0 Å². The third-order valence-corrected chi connectivity index (χ3v) is 2.95. The lowest BCUT2D eigenvalue weighted by atomic mass is 10.3. The average molecular weight is 212 g/mol. The van der Waals surface area contributed by atoms with Crippen molar-refractivity contribution < 1.29 is 0 Å². The molecule has 4 nitrogen and oxygen atoms in total. The van der Waals surface area contributed by atoms with Crippen molar-refractivity contribution >= 4 is 29.0 Å². The van der Waals surface area contributed by atoms with Gasteiger partial charge >= 0.3 is 0 Å². The SMILES string of the molecule is CSC(C)CNc1nccc(N)c1N. The van der Waals surface area contributed by atoms with Gasteiger partial charge in [-0.3, -0.25) is 0 Å². The zero-order chi connectivity index (χ0) is 10.6. The molecule has 0 spiro atoms. The Morgan fingerprint density at radius 2 is 2.29 bits per heavy atom. The number of anilines is 3. The van der Waals surface area contributed by atoms with Gasteiger partial charge in [0.25, 0.3) is 0 Å². The van der Waals surface area contributed by atoms with Crippen LogP contribution in [0.2, 0.25) is 0 Å². The Balaban J connectivity index is 2.63. The van der Waals surface area contributed by atoms with Gasteiger partial charge in [-0.05, 0) is 12.3 Å². The molecule has 0 saturated carbocycles. The van der Waals surface area contributed by atoms with Crippen molar-refractivity contribution in [3.63, 3.8) is 0 Å². The molecule has 0 aliphatic carbocycles. The molecule has 5 heteroatoms. The van der Waals surface area contributed by atoms with E-state index in [2.05, 4.69) is 23.5 Å². The second-order valence-electron chi connectivity index (χ2n) is 3.09. The van der Waals surface area contributed by atoms with Crippen molar-refractivity contribution in [2.75, 3.05) is 29.6 Å².